The maximum Gasteiger partial charge on any atom is 0.0456 e. The third-order valence-electron chi connectivity index (χ3n) is 5.51. The molecule has 26 heavy (non-hydrogen) atoms. The average molecular weight is 345 g/mol. The topological polar surface area (TPSA) is 19.0 Å². The van der Waals surface area contributed by atoms with Gasteiger partial charge in [-0.1, -0.05) is 24.3 Å². The molecule has 3 aromatic rings. The second-order valence-electron chi connectivity index (χ2n) is 7.91. The third-order valence-corrected chi connectivity index (χ3v) is 5.51. The molecule has 4 rings (SSSR count). The molecule has 2 heterocycles. The van der Waals surface area contributed by atoms with E-state index < -0.39 is 0 Å². The van der Waals surface area contributed by atoms with Crippen molar-refractivity contribution in [3.63, 3.8) is 0 Å². The molecule has 0 aliphatic carbocycles. The van der Waals surface area contributed by atoms with E-state index in [2.05, 4.69) is 86.1 Å². The van der Waals surface area contributed by atoms with E-state index in [0.29, 0.717) is 6.04 Å². The largest absolute Gasteiger partial charge is 0.359 e. The van der Waals surface area contributed by atoms with Crippen LogP contribution in [0.3, 0.4) is 0 Å². The average Bonchev–Trinajstić information content (AvgIpc) is 3.00. The molecule has 0 fully saturated rings. The number of nitrogens with one attached hydrogen (secondary N) is 1. The summed E-state index contributed by atoms with van der Waals surface area (Å²) in [5.41, 5.74) is 9.23. The lowest BCUT2D eigenvalue weighted by Gasteiger charge is -2.30. The number of fused-ring (bicyclic) bond motifs is 1. The van der Waals surface area contributed by atoms with E-state index in [1.165, 1.54) is 44.4 Å². The van der Waals surface area contributed by atoms with Gasteiger partial charge in [0.05, 0.1) is 0 Å². The van der Waals surface area contributed by atoms with Gasteiger partial charge in [0.2, 0.25) is 0 Å². The van der Waals surface area contributed by atoms with Gasteiger partial charge < -0.3 is 4.98 Å². The van der Waals surface area contributed by atoms with Crippen LogP contribution in [0, 0.1) is 13.8 Å². The lowest BCUT2D eigenvalue weighted by atomic mass is 9.93. The van der Waals surface area contributed by atoms with Crippen LogP contribution in [0.4, 0.5) is 0 Å². The van der Waals surface area contributed by atoms with Gasteiger partial charge in [-0.15, -0.1) is 0 Å². The van der Waals surface area contributed by atoms with Gasteiger partial charge in [-0.3, -0.25) is 4.90 Å². The first-order chi connectivity index (χ1) is 12.5. The molecule has 0 saturated carbocycles. The highest BCUT2D eigenvalue weighted by molar-refractivity contribution is 5.86. The van der Waals surface area contributed by atoms with Crippen molar-refractivity contribution in [3.05, 3.63) is 65.4 Å². The quantitative estimate of drug-likeness (QED) is 0.622. The zero-order valence-corrected chi connectivity index (χ0v) is 16.3. The number of aromatic nitrogens is 1. The van der Waals surface area contributed by atoms with Gasteiger partial charge in [0.25, 0.3) is 0 Å². The van der Waals surface area contributed by atoms with Gasteiger partial charge >= 0.3 is 0 Å². The Hall–Kier alpha value is -2.32. The molecule has 134 valence electrons. The Balaban J connectivity index is 1.69. The predicted molar refractivity (Wildman–Crippen MR) is 113 cm³/mol. The van der Waals surface area contributed by atoms with E-state index in [-0.39, 0.29) is 0 Å². The first-order valence-electron chi connectivity index (χ1n) is 9.64. The molecule has 1 N–H and O–H groups in total. The number of rotatable bonds is 3. The third kappa shape index (κ3) is 3.34. The smallest absolute Gasteiger partial charge is 0.0456 e. The summed E-state index contributed by atoms with van der Waals surface area (Å²) in [5, 5.41) is 1.28. The molecule has 1 aliphatic rings. The van der Waals surface area contributed by atoms with Crippen molar-refractivity contribution in [1.29, 1.82) is 0 Å². The zero-order valence-electron chi connectivity index (χ0n) is 16.3. The van der Waals surface area contributed by atoms with Crippen LogP contribution in [-0.4, -0.2) is 29.0 Å². The fourth-order valence-corrected chi connectivity index (χ4v) is 4.01. The Morgan fingerprint density at radius 2 is 1.73 bits per heavy atom. The lowest BCUT2D eigenvalue weighted by molar-refractivity contribution is 0.245. The monoisotopic (exact) mass is 344 g/mol. The van der Waals surface area contributed by atoms with E-state index in [1.54, 1.807) is 0 Å². The fraction of sp³-hybridized carbons (Fsp3) is 0.333. The first kappa shape index (κ1) is 17.1. The van der Waals surface area contributed by atoms with Crippen LogP contribution in [0.5, 0.6) is 0 Å². The Kier molecular flexibility index (Phi) is 4.46. The maximum absolute atomic E-state index is 3.41. The minimum Gasteiger partial charge on any atom is -0.359 e. The van der Waals surface area contributed by atoms with E-state index in [4.69, 9.17) is 0 Å². The molecule has 1 aliphatic heterocycles. The Morgan fingerprint density at radius 3 is 2.46 bits per heavy atom. The molecule has 2 aromatic carbocycles. The normalized spacial score (nSPS) is 15.7. The molecule has 0 unspecified atom stereocenters. The van der Waals surface area contributed by atoms with Gasteiger partial charge in [-0.2, -0.15) is 0 Å². The fourth-order valence-electron chi connectivity index (χ4n) is 4.01. The Bertz CT molecular complexity index is 975. The molecule has 0 atom stereocenters. The summed E-state index contributed by atoms with van der Waals surface area (Å²) in [6.45, 7) is 11.1. The molecule has 1 aromatic heterocycles. The van der Waals surface area contributed by atoms with Crippen LogP contribution < -0.4 is 0 Å². The summed E-state index contributed by atoms with van der Waals surface area (Å²) in [4.78, 5) is 5.94. The maximum atomic E-state index is 3.41. The highest BCUT2D eigenvalue weighted by Crippen LogP contribution is 2.31. The van der Waals surface area contributed by atoms with Crippen molar-refractivity contribution in [2.24, 2.45) is 0 Å². The molecule has 2 nitrogen and oxygen atoms in total. The summed E-state index contributed by atoms with van der Waals surface area (Å²) in [5.74, 6) is 0. The van der Waals surface area contributed by atoms with Crippen molar-refractivity contribution in [3.8, 4) is 11.1 Å². The van der Waals surface area contributed by atoms with Crippen molar-refractivity contribution in [2.75, 3.05) is 13.1 Å². The van der Waals surface area contributed by atoms with E-state index in [9.17, 15) is 0 Å². The van der Waals surface area contributed by atoms with E-state index in [0.717, 1.165) is 19.5 Å². The second-order valence-corrected chi connectivity index (χ2v) is 7.91. The molecule has 0 bridgehead atoms. The van der Waals surface area contributed by atoms with E-state index >= 15 is 0 Å². The van der Waals surface area contributed by atoms with Crippen molar-refractivity contribution < 1.29 is 0 Å². The van der Waals surface area contributed by atoms with Crippen LogP contribution in [0.15, 0.2) is 48.5 Å². The summed E-state index contributed by atoms with van der Waals surface area (Å²) in [7, 11) is 0. The molecule has 0 saturated heterocycles. The van der Waals surface area contributed by atoms with Crippen LogP contribution in [0.1, 0.15) is 37.1 Å². The number of nitrogens with zero attached hydrogens (tertiary/aromatic N) is 1. The van der Waals surface area contributed by atoms with Gasteiger partial charge in [0, 0.05) is 35.7 Å². The van der Waals surface area contributed by atoms with Gasteiger partial charge in [0.15, 0.2) is 0 Å². The molecule has 0 spiro atoms. The molecule has 0 amide bonds. The van der Waals surface area contributed by atoms with Crippen molar-refractivity contribution in [1.82, 2.24) is 9.88 Å². The lowest BCUT2D eigenvalue weighted by Crippen LogP contribution is -2.34. The summed E-state index contributed by atoms with van der Waals surface area (Å²) >= 11 is 0. The van der Waals surface area contributed by atoms with E-state index in [1.807, 2.05) is 0 Å². The second kappa shape index (κ2) is 6.77. The standard InChI is InChI=1S/C24H28N2/c1-16(2)26-9-7-19(8-10-26)21-11-17(3)12-22(15-21)20-5-6-24-23(14-20)13-18(4)25-24/h5-7,11-16,25H,8-10H2,1-4H3. The van der Waals surface area contributed by atoms with Crippen LogP contribution in [0.2, 0.25) is 0 Å². The summed E-state index contributed by atoms with van der Waals surface area (Å²) in [6, 6.07) is 16.6. The van der Waals surface area contributed by atoms with Gasteiger partial charge in [-0.25, -0.2) is 0 Å². The molecular formula is C24H28N2. The van der Waals surface area contributed by atoms with Crippen molar-refractivity contribution in [2.45, 2.75) is 40.2 Å². The highest BCUT2D eigenvalue weighted by atomic mass is 15.1. The number of hydrogen-bond acceptors (Lipinski definition) is 1. The van der Waals surface area contributed by atoms with Gasteiger partial charge in [0.1, 0.15) is 0 Å². The highest BCUT2D eigenvalue weighted by Gasteiger charge is 2.16. The molecule has 0 radical (unpaired) electrons. The van der Waals surface area contributed by atoms with Crippen molar-refractivity contribution >= 4 is 16.5 Å². The number of H-pyrrole nitrogens is 1. The number of hydrogen-bond donors (Lipinski definition) is 1. The van der Waals surface area contributed by atoms with Gasteiger partial charge in [-0.05, 0) is 86.2 Å². The van der Waals surface area contributed by atoms with Crippen LogP contribution in [0.25, 0.3) is 27.6 Å². The SMILES string of the molecule is Cc1cc(C2=CCN(C(C)C)CC2)cc(-c2ccc3[nH]c(C)cc3c2)c1. The Labute approximate surface area is 156 Å². The first-order valence-corrected chi connectivity index (χ1v) is 9.64. The van der Waals surface area contributed by atoms with Crippen LogP contribution >= 0.6 is 0 Å². The minimum absolute atomic E-state index is 0.623. The zero-order chi connectivity index (χ0) is 18.3. The predicted octanol–water partition coefficient (Wildman–Crippen LogP) is 5.95. The summed E-state index contributed by atoms with van der Waals surface area (Å²) < 4.78 is 0. The molecular weight excluding hydrogens is 316 g/mol. The summed E-state index contributed by atoms with van der Waals surface area (Å²) in [6.07, 6.45) is 3.55. The minimum atomic E-state index is 0.623. The van der Waals surface area contributed by atoms with Crippen LogP contribution in [-0.2, 0) is 0 Å². The number of benzene rings is 2. The number of aryl methyl sites for hydroxylation is 2. The molecule has 2 heteroatoms. The Morgan fingerprint density at radius 1 is 0.923 bits per heavy atom. The number of aromatic amines is 1.